The Kier molecular flexibility index (Phi) is 4.06. The number of aliphatic hydroxyl groups is 1. The summed E-state index contributed by atoms with van der Waals surface area (Å²) in [5.41, 5.74) is 2.47. The van der Waals surface area contributed by atoms with Gasteiger partial charge in [0.05, 0.1) is 7.11 Å². The number of rotatable bonds is 4. The average Bonchev–Trinajstić information content (AvgIpc) is 3.22. The predicted octanol–water partition coefficient (Wildman–Crippen LogP) is 2.83. The second kappa shape index (κ2) is 6.24. The summed E-state index contributed by atoms with van der Waals surface area (Å²) in [4.78, 5) is 2.27. The van der Waals surface area contributed by atoms with Gasteiger partial charge < -0.3 is 19.3 Å². The molecule has 132 valence electrons. The van der Waals surface area contributed by atoms with Crippen molar-refractivity contribution >= 4 is 0 Å². The van der Waals surface area contributed by atoms with E-state index in [1.54, 1.807) is 7.11 Å². The fourth-order valence-electron chi connectivity index (χ4n) is 3.85. The maximum absolute atomic E-state index is 11.1. The van der Waals surface area contributed by atoms with E-state index in [0.717, 1.165) is 42.0 Å². The third kappa shape index (κ3) is 2.94. The molecule has 5 nitrogen and oxygen atoms in total. The SMILES string of the molecule is COc1cc(CN2CC[C@](O)(c3ccccc3C)C2)cc2c1OCO2. The molecule has 0 aliphatic carbocycles. The first kappa shape index (κ1) is 16.2. The molecule has 0 spiro atoms. The second-order valence-corrected chi connectivity index (χ2v) is 6.84. The van der Waals surface area contributed by atoms with Crippen molar-refractivity contribution in [2.75, 3.05) is 27.0 Å². The molecule has 4 rings (SSSR count). The molecule has 0 bridgehead atoms. The molecule has 2 aliphatic rings. The predicted molar refractivity (Wildman–Crippen MR) is 94.1 cm³/mol. The molecule has 2 aromatic rings. The quantitative estimate of drug-likeness (QED) is 0.927. The molecule has 2 heterocycles. The van der Waals surface area contributed by atoms with Gasteiger partial charge in [-0.25, -0.2) is 0 Å². The Labute approximate surface area is 147 Å². The van der Waals surface area contributed by atoms with E-state index in [9.17, 15) is 5.11 Å². The van der Waals surface area contributed by atoms with Gasteiger partial charge in [0.2, 0.25) is 12.5 Å². The highest BCUT2D eigenvalue weighted by Gasteiger charge is 2.38. The Morgan fingerprint density at radius 1 is 1.24 bits per heavy atom. The maximum Gasteiger partial charge on any atom is 0.231 e. The first-order valence-electron chi connectivity index (χ1n) is 8.56. The first-order chi connectivity index (χ1) is 12.1. The highest BCUT2D eigenvalue weighted by Crippen LogP contribution is 2.42. The fourth-order valence-corrected chi connectivity index (χ4v) is 3.85. The molecule has 0 amide bonds. The van der Waals surface area contributed by atoms with E-state index in [0.29, 0.717) is 18.0 Å². The van der Waals surface area contributed by atoms with Crippen LogP contribution >= 0.6 is 0 Å². The van der Waals surface area contributed by atoms with Crippen molar-refractivity contribution in [3.63, 3.8) is 0 Å². The summed E-state index contributed by atoms with van der Waals surface area (Å²) in [5, 5.41) is 11.1. The molecular weight excluding hydrogens is 318 g/mol. The number of benzene rings is 2. The number of nitrogens with zero attached hydrogens (tertiary/aromatic N) is 1. The summed E-state index contributed by atoms with van der Waals surface area (Å²) in [7, 11) is 1.63. The van der Waals surface area contributed by atoms with Crippen molar-refractivity contribution in [3.8, 4) is 17.2 Å². The minimum Gasteiger partial charge on any atom is -0.493 e. The monoisotopic (exact) mass is 341 g/mol. The number of β-amino-alcohol motifs (C(OH)–C–C–N with tert-alkyl or cyclic N) is 1. The molecule has 1 fully saturated rings. The molecule has 1 atom stereocenters. The van der Waals surface area contributed by atoms with Crippen molar-refractivity contribution < 1.29 is 19.3 Å². The lowest BCUT2D eigenvalue weighted by atomic mass is 9.89. The van der Waals surface area contributed by atoms with Gasteiger partial charge in [0, 0.05) is 19.6 Å². The zero-order chi connectivity index (χ0) is 17.4. The van der Waals surface area contributed by atoms with Gasteiger partial charge >= 0.3 is 0 Å². The summed E-state index contributed by atoms with van der Waals surface area (Å²) in [6.07, 6.45) is 0.736. The summed E-state index contributed by atoms with van der Waals surface area (Å²) >= 11 is 0. The Bertz CT molecular complexity index is 791. The Morgan fingerprint density at radius 2 is 2.08 bits per heavy atom. The molecule has 5 heteroatoms. The standard InChI is InChI=1S/C20H23NO4/c1-14-5-3-4-6-16(14)20(22)7-8-21(12-20)11-15-9-17(23-2)19-18(10-15)24-13-25-19/h3-6,9-10,22H,7-8,11-13H2,1-2H3/t20-/m1/s1. The second-order valence-electron chi connectivity index (χ2n) is 6.84. The number of aryl methyl sites for hydroxylation is 1. The Morgan fingerprint density at radius 3 is 2.88 bits per heavy atom. The molecular formula is C20H23NO4. The highest BCUT2D eigenvalue weighted by atomic mass is 16.7. The zero-order valence-corrected chi connectivity index (χ0v) is 14.6. The summed E-state index contributed by atoms with van der Waals surface area (Å²) in [5.74, 6) is 2.09. The van der Waals surface area contributed by atoms with E-state index in [1.807, 2.05) is 30.3 Å². The van der Waals surface area contributed by atoms with Crippen molar-refractivity contribution in [1.82, 2.24) is 4.90 Å². The number of ether oxygens (including phenoxy) is 3. The Balaban J connectivity index is 1.53. The lowest BCUT2D eigenvalue weighted by molar-refractivity contribution is 0.0447. The molecule has 1 N–H and O–H groups in total. The van der Waals surface area contributed by atoms with Gasteiger partial charge in [-0.2, -0.15) is 0 Å². The largest absolute Gasteiger partial charge is 0.493 e. The van der Waals surface area contributed by atoms with Crippen LogP contribution in [0.1, 0.15) is 23.1 Å². The van der Waals surface area contributed by atoms with Gasteiger partial charge in [-0.1, -0.05) is 24.3 Å². The van der Waals surface area contributed by atoms with E-state index < -0.39 is 5.60 Å². The molecule has 1 saturated heterocycles. The van der Waals surface area contributed by atoms with Crippen LogP contribution in [0.25, 0.3) is 0 Å². The van der Waals surface area contributed by atoms with Crippen LogP contribution in [0.15, 0.2) is 36.4 Å². The van der Waals surface area contributed by atoms with Crippen LogP contribution in [0.4, 0.5) is 0 Å². The number of fused-ring (bicyclic) bond motifs is 1. The van der Waals surface area contributed by atoms with Crippen LogP contribution in [-0.4, -0.2) is 37.0 Å². The molecule has 25 heavy (non-hydrogen) atoms. The Hall–Kier alpha value is -2.24. The number of likely N-dealkylation sites (tertiary alicyclic amines) is 1. The van der Waals surface area contributed by atoms with E-state index in [4.69, 9.17) is 14.2 Å². The smallest absolute Gasteiger partial charge is 0.231 e. The van der Waals surface area contributed by atoms with E-state index >= 15 is 0 Å². The normalized spacial score (nSPS) is 22.4. The summed E-state index contributed by atoms with van der Waals surface area (Å²) in [6.45, 7) is 4.49. The molecule has 2 aliphatic heterocycles. The van der Waals surface area contributed by atoms with Crippen LogP contribution < -0.4 is 14.2 Å². The number of methoxy groups -OCH3 is 1. The van der Waals surface area contributed by atoms with Crippen molar-refractivity contribution in [1.29, 1.82) is 0 Å². The lowest BCUT2D eigenvalue weighted by Crippen LogP contribution is -2.31. The van der Waals surface area contributed by atoms with Gasteiger partial charge in [0.1, 0.15) is 5.60 Å². The highest BCUT2D eigenvalue weighted by molar-refractivity contribution is 5.55. The van der Waals surface area contributed by atoms with Crippen molar-refractivity contribution in [2.24, 2.45) is 0 Å². The van der Waals surface area contributed by atoms with Gasteiger partial charge in [0.25, 0.3) is 0 Å². The van der Waals surface area contributed by atoms with Crippen LogP contribution in [0.2, 0.25) is 0 Å². The van der Waals surface area contributed by atoms with Gasteiger partial charge in [0.15, 0.2) is 11.5 Å². The maximum atomic E-state index is 11.1. The molecule has 0 aromatic heterocycles. The minimum absolute atomic E-state index is 0.228. The summed E-state index contributed by atoms with van der Waals surface area (Å²) in [6, 6.07) is 12.1. The third-order valence-corrected chi connectivity index (χ3v) is 5.10. The molecule has 2 aromatic carbocycles. The van der Waals surface area contributed by atoms with E-state index in [2.05, 4.69) is 17.9 Å². The molecule has 0 radical (unpaired) electrons. The average molecular weight is 341 g/mol. The summed E-state index contributed by atoms with van der Waals surface area (Å²) < 4.78 is 16.4. The third-order valence-electron chi connectivity index (χ3n) is 5.10. The van der Waals surface area contributed by atoms with Crippen LogP contribution in [0, 0.1) is 6.92 Å². The van der Waals surface area contributed by atoms with Gasteiger partial charge in [-0.05, 0) is 42.2 Å². The van der Waals surface area contributed by atoms with Crippen LogP contribution in [0.3, 0.4) is 0 Å². The van der Waals surface area contributed by atoms with Gasteiger partial charge in [-0.3, -0.25) is 4.90 Å². The van der Waals surface area contributed by atoms with Gasteiger partial charge in [-0.15, -0.1) is 0 Å². The van der Waals surface area contributed by atoms with Crippen molar-refractivity contribution in [3.05, 3.63) is 53.1 Å². The first-order valence-corrected chi connectivity index (χ1v) is 8.56. The zero-order valence-electron chi connectivity index (χ0n) is 14.6. The van der Waals surface area contributed by atoms with Crippen LogP contribution in [-0.2, 0) is 12.1 Å². The lowest BCUT2D eigenvalue weighted by Gasteiger charge is -2.26. The fraction of sp³-hybridized carbons (Fsp3) is 0.400. The molecule has 0 unspecified atom stereocenters. The van der Waals surface area contributed by atoms with Crippen molar-refractivity contribution in [2.45, 2.75) is 25.5 Å². The topological polar surface area (TPSA) is 51.2 Å². The van der Waals surface area contributed by atoms with Crippen LogP contribution in [0.5, 0.6) is 17.2 Å². The number of hydrogen-bond donors (Lipinski definition) is 1. The number of hydrogen-bond acceptors (Lipinski definition) is 5. The minimum atomic E-state index is -0.786. The van der Waals surface area contributed by atoms with E-state index in [-0.39, 0.29) is 6.79 Å². The molecule has 0 saturated carbocycles. The van der Waals surface area contributed by atoms with E-state index in [1.165, 1.54) is 0 Å².